The Morgan fingerprint density at radius 3 is 2.65 bits per heavy atom. The smallest absolute Gasteiger partial charge is 0.0511 e. The van der Waals surface area contributed by atoms with Crippen LogP contribution in [0.5, 0.6) is 0 Å². The summed E-state index contributed by atoms with van der Waals surface area (Å²) in [5, 5.41) is 6.03. The zero-order chi connectivity index (χ0) is 13.8. The summed E-state index contributed by atoms with van der Waals surface area (Å²) in [6, 6.07) is 19.3. The van der Waals surface area contributed by atoms with Crippen molar-refractivity contribution in [3.63, 3.8) is 0 Å². The first-order valence-corrected chi connectivity index (χ1v) is 7.02. The number of rotatable bonds is 4. The lowest BCUT2D eigenvalue weighted by Gasteiger charge is -2.20. The van der Waals surface area contributed by atoms with Crippen LogP contribution in [-0.4, -0.2) is 4.98 Å². The van der Waals surface area contributed by atoms with Gasteiger partial charge < -0.3 is 5.32 Å². The minimum Gasteiger partial charge on any atom is -0.378 e. The van der Waals surface area contributed by atoms with E-state index in [9.17, 15) is 0 Å². The van der Waals surface area contributed by atoms with Gasteiger partial charge in [-0.25, -0.2) is 0 Å². The molecule has 1 heterocycles. The molecule has 2 heteroatoms. The van der Waals surface area contributed by atoms with Gasteiger partial charge in [0.25, 0.3) is 0 Å². The van der Waals surface area contributed by atoms with Crippen molar-refractivity contribution in [1.29, 1.82) is 0 Å². The first kappa shape index (κ1) is 12.7. The molecule has 2 aromatic carbocycles. The molecule has 0 aliphatic carbocycles. The van der Waals surface area contributed by atoms with E-state index < -0.39 is 0 Å². The maximum Gasteiger partial charge on any atom is 0.0511 e. The largest absolute Gasteiger partial charge is 0.378 e. The molecule has 0 bridgehead atoms. The van der Waals surface area contributed by atoms with Crippen molar-refractivity contribution < 1.29 is 0 Å². The normalized spacial score (nSPS) is 12.2. The first-order chi connectivity index (χ1) is 9.88. The molecule has 1 unspecified atom stereocenters. The van der Waals surface area contributed by atoms with Crippen LogP contribution in [-0.2, 0) is 0 Å². The zero-order valence-electron chi connectivity index (χ0n) is 11.6. The van der Waals surface area contributed by atoms with E-state index in [0.717, 1.165) is 12.1 Å². The topological polar surface area (TPSA) is 24.9 Å². The number of anilines is 1. The van der Waals surface area contributed by atoms with Gasteiger partial charge in [0, 0.05) is 23.5 Å². The molecule has 3 aromatic rings. The minimum absolute atomic E-state index is 0.321. The third-order valence-corrected chi connectivity index (χ3v) is 3.62. The SMILES string of the molecule is CCC(Nc1cccc2ccncc12)c1ccccc1. The molecular weight excluding hydrogens is 244 g/mol. The Kier molecular flexibility index (Phi) is 3.64. The van der Waals surface area contributed by atoms with E-state index in [0.29, 0.717) is 6.04 Å². The van der Waals surface area contributed by atoms with Gasteiger partial charge in [0.15, 0.2) is 0 Å². The fourth-order valence-corrected chi connectivity index (χ4v) is 2.53. The van der Waals surface area contributed by atoms with E-state index in [2.05, 4.69) is 65.8 Å². The zero-order valence-corrected chi connectivity index (χ0v) is 11.6. The van der Waals surface area contributed by atoms with Crippen LogP contribution < -0.4 is 5.32 Å². The summed E-state index contributed by atoms with van der Waals surface area (Å²) in [5.74, 6) is 0. The molecule has 0 aliphatic rings. The van der Waals surface area contributed by atoms with Gasteiger partial charge in [-0.1, -0.05) is 49.4 Å². The van der Waals surface area contributed by atoms with Crippen LogP contribution >= 0.6 is 0 Å². The molecule has 0 aliphatic heterocycles. The number of aromatic nitrogens is 1. The fraction of sp³-hybridized carbons (Fsp3) is 0.167. The molecule has 0 saturated carbocycles. The van der Waals surface area contributed by atoms with E-state index in [1.807, 2.05) is 18.5 Å². The number of nitrogens with zero attached hydrogens (tertiary/aromatic N) is 1. The Morgan fingerprint density at radius 1 is 1.00 bits per heavy atom. The molecule has 1 atom stereocenters. The van der Waals surface area contributed by atoms with Crippen molar-refractivity contribution in [1.82, 2.24) is 4.98 Å². The molecule has 20 heavy (non-hydrogen) atoms. The van der Waals surface area contributed by atoms with E-state index in [1.54, 1.807) is 0 Å². The van der Waals surface area contributed by atoms with Gasteiger partial charge in [-0.3, -0.25) is 4.98 Å². The number of hydrogen-bond donors (Lipinski definition) is 1. The molecular formula is C18H18N2. The van der Waals surface area contributed by atoms with E-state index in [1.165, 1.54) is 16.3 Å². The summed E-state index contributed by atoms with van der Waals surface area (Å²) in [4.78, 5) is 4.24. The van der Waals surface area contributed by atoms with Gasteiger partial charge in [-0.15, -0.1) is 0 Å². The highest BCUT2D eigenvalue weighted by Crippen LogP contribution is 2.27. The van der Waals surface area contributed by atoms with Gasteiger partial charge in [-0.05, 0) is 29.5 Å². The molecule has 1 aromatic heterocycles. The molecule has 0 saturated heterocycles. The minimum atomic E-state index is 0.321. The number of fused-ring (bicyclic) bond motifs is 1. The third kappa shape index (κ3) is 2.50. The molecule has 0 fully saturated rings. The summed E-state index contributed by atoms with van der Waals surface area (Å²) < 4.78 is 0. The number of pyridine rings is 1. The van der Waals surface area contributed by atoms with Crippen LogP contribution in [0.25, 0.3) is 10.8 Å². The second kappa shape index (κ2) is 5.74. The third-order valence-electron chi connectivity index (χ3n) is 3.62. The number of nitrogens with one attached hydrogen (secondary N) is 1. The average Bonchev–Trinajstić information content (AvgIpc) is 2.53. The first-order valence-electron chi connectivity index (χ1n) is 7.02. The van der Waals surface area contributed by atoms with Crippen LogP contribution in [0.4, 0.5) is 5.69 Å². The van der Waals surface area contributed by atoms with Crippen molar-refractivity contribution in [3.05, 3.63) is 72.6 Å². The Balaban J connectivity index is 1.96. The lowest BCUT2D eigenvalue weighted by molar-refractivity contribution is 0.750. The van der Waals surface area contributed by atoms with Crippen LogP contribution in [0.1, 0.15) is 24.9 Å². The summed E-state index contributed by atoms with van der Waals surface area (Å²) in [7, 11) is 0. The maximum atomic E-state index is 4.24. The standard InChI is InChI=1S/C18H18N2/c1-2-17(15-7-4-3-5-8-15)20-18-10-6-9-14-11-12-19-13-16(14)18/h3-13,17,20H,2H2,1H3. The molecule has 0 amide bonds. The number of hydrogen-bond acceptors (Lipinski definition) is 2. The monoisotopic (exact) mass is 262 g/mol. The Labute approximate surface area is 119 Å². The van der Waals surface area contributed by atoms with Crippen molar-refractivity contribution in [3.8, 4) is 0 Å². The predicted octanol–water partition coefficient (Wildman–Crippen LogP) is 4.80. The van der Waals surface area contributed by atoms with Crippen molar-refractivity contribution in [2.45, 2.75) is 19.4 Å². The number of benzene rings is 2. The fourth-order valence-electron chi connectivity index (χ4n) is 2.53. The second-order valence-corrected chi connectivity index (χ2v) is 4.92. The van der Waals surface area contributed by atoms with Crippen LogP contribution in [0, 0.1) is 0 Å². The van der Waals surface area contributed by atoms with Gasteiger partial charge in [0.1, 0.15) is 0 Å². The van der Waals surface area contributed by atoms with Crippen LogP contribution in [0.3, 0.4) is 0 Å². The van der Waals surface area contributed by atoms with Crippen molar-refractivity contribution >= 4 is 16.5 Å². The summed E-state index contributed by atoms with van der Waals surface area (Å²) in [5.41, 5.74) is 2.46. The highest BCUT2D eigenvalue weighted by atomic mass is 14.9. The molecule has 0 spiro atoms. The Hall–Kier alpha value is -2.35. The van der Waals surface area contributed by atoms with Crippen molar-refractivity contribution in [2.24, 2.45) is 0 Å². The average molecular weight is 262 g/mol. The molecule has 2 nitrogen and oxygen atoms in total. The summed E-state index contributed by atoms with van der Waals surface area (Å²) in [6.45, 7) is 2.20. The quantitative estimate of drug-likeness (QED) is 0.730. The van der Waals surface area contributed by atoms with Crippen LogP contribution in [0.15, 0.2) is 67.0 Å². The molecule has 1 N–H and O–H groups in total. The van der Waals surface area contributed by atoms with Gasteiger partial charge >= 0.3 is 0 Å². The highest BCUT2D eigenvalue weighted by Gasteiger charge is 2.10. The Morgan fingerprint density at radius 2 is 1.85 bits per heavy atom. The van der Waals surface area contributed by atoms with E-state index in [-0.39, 0.29) is 0 Å². The van der Waals surface area contributed by atoms with Gasteiger partial charge in [0.2, 0.25) is 0 Å². The lowest BCUT2D eigenvalue weighted by Crippen LogP contribution is -2.09. The van der Waals surface area contributed by atoms with Gasteiger partial charge in [-0.2, -0.15) is 0 Å². The van der Waals surface area contributed by atoms with Crippen LogP contribution in [0.2, 0.25) is 0 Å². The Bertz CT molecular complexity index is 687. The lowest BCUT2D eigenvalue weighted by atomic mass is 10.0. The molecule has 0 radical (unpaired) electrons. The summed E-state index contributed by atoms with van der Waals surface area (Å²) >= 11 is 0. The molecule has 3 rings (SSSR count). The van der Waals surface area contributed by atoms with Crippen molar-refractivity contribution in [2.75, 3.05) is 5.32 Å². The maximum absolute atomic E-state index is 4.24. The second-order valence-electron chi connectivity index (χ2n) is 4.92. The van der Waals surface area contributed by atoms with Gasteiger partial charge in [0.05, 0.1) is 6.04 Å². The highest BCUT2D eigenvalue weighted by molar-refractivity contribution is 5.93. The predicted molar refractivity (Wildman–Crippen MR) is 84.8 cm³/mol. The van der Waals surface area contributed by atoms with E-state index in [4.69, 9.17) is 0 Å². The van der Waals surface area contributed by atoms with E-state index >= 15 is 0 Å². The summed E-state index contributed by atoms with van der Waals surface area (Å²) in [6.07, 6.45) is 4.80. The molecule has 100 valence electrons.